The molecule has 2 aromatic carbocycles. The Labute approximate surface area is 146 Å². The number of aryl methyl sites for hydroxylation is 1. The summed E-state index contributed by atoms with van der Waals surface area (Å²) in [7, 11) is 0. The maximum Gasteiger partial charge on any atom is 0.257 e. The number of benzene rings is 2. The van der Waals surface area contributed by atoms with Crippen LogP contribution in [0.4, 0.5) is 10.1 Å². The number of anilines is 1. The number of carbonyl (C=O) groups excluding carboxylic acids is 1. The highest BCUT2D eigenvalue weighted by atomic mass is 35.5. The van der Waals surface area contributed by atoms with Crippen LogP contribution in [0.25, 0.3) is 5.69 Å². The van der Waals surface area contributed by atoms with Crippen LogP contribution in [-0.4, -0.2) is 26.1 Å². The number of aromatic nitrogens is 4. The van der Waals surface area contributed by atoms with Crippen LogP contribution in [0.2, 0.25) is 10.0 Å². The van der Waals surface area contributed by atoms with E-state index in [1.807, 2.05) is 6.92 Å². The highest BCUT2D eigenvalue weighted by molar-refractivity contribution is 6.37. The van der Waals surface area contributed by atoms with E-state index in [9.17, 15) is 9.18 Å². The van der Waals surface area contributed by atoms with Crippen molar-refractivity contribution in [3.63, 3.8) is 0 Å². The minimum absolute atomic E-state index is 0.00853. The van der Waals surface area contributed by atoms with E-state index in [1.165, 1.54) is 17.1 Å². The van der Waals surface area contributed by atoms with E-state index in [2.05, 4.69) is 20.8 Å². The second kappa shape index (κ2) is 6.54. The van der Waals surface area contributed by atoms with Crippen molar-refractivity contribution in [2.45, 2.75) is 6.92 Å². The minimum atomic E-state index is -0.717. The molecule has 0 aliphatic heterocycles. The maximum absolute atomic E-state index is 13.6. The van der Waals surface area contributed by atoms with Crippen LogP contribution in [0.3, 0.4) is 0 Å². The summed E-state index contributed by atoms with van der Waals surface area (Å²) in [6.07, 6.45) is 1.43. The number of hydrogen-bond donors (Lipinski definition) is 1. The molecule has 0 unspecified atom stereocenters. The first-order chi connectivity index (χ1) is 11.5. The van der Waals surface area contributed by atoms with Gasteiger partial charge in [-0.05, 0) is 47.2 Å². The third-order valence-corrected chi connectivity index (χ3v) is 3.94. The highest BCUT2D eigenvalue weighted by Gasteiger charge is 2.15. The Balaban J connectivity index is 1.92. The molecule has 0 fully saturated rings. The fraction of sp³-hybridized carbons (Fsp3) is 0.0667. The molecular weight excluding hydrogens is 356 g/mol. The molecule has 0 aliphatic carbocycles. The van der Waals surface area contributed by atoms with Crippen LogP contribution in [0.5, 0.6) is 0 Å². The number of rotatable bonds is 3. The summed E-state index contributed by atoms with van der Waals surface area (Å²) in [5.41, 5.74) is 1.99. The molecule has 3 aromatic rings. The van der Waals surface area contributed by atoms with Crippen LogP contribution in [0.1, 0.15) is 15.9 Å². The zero-order chi connectivity index (χ0) is 17.3. The van der Waals surface area contributed by atoms with Crippen molar-refractivity contribution in [3.8, 4) is 5.69 Å². The van der Waals surface area contributed by atoms with Gasteiger partial charge < -0.3 is 5.32 Å². The summed E-state index contributed by atoms with van der Waals surface area (Å²) in [4.78, 5) is 12.4. The average Bonchev–Trinajstić information content (AvgIpc) is 3.07. The van der Waals surface area contributed by atoms with Crippen LogP contribution >= 0.6 is 23.2 Å². The zero-order valence-corrected chi connectivity index (χ0v) is 13.8. The lowest BCUT2D eigenvalue weighted by Gasteiger charge is -2.11. The molecule has 3 rings (SSSR count). The van der Waals surface area contributed by atoms with E-state index >= 15 is 0 Å². The number of carbonyl (C=O) groups is 1. The quantitative estimate of drug-likeness (QED) is 0.718. The average molecular weight is 366 g/mol. The van der Waals surface area contributed by atoms with Gasteiger partial charge in [0.25, 0.3) is 5.91 Å². The van der Waals surface area contributed by atoms with Crippen LogP contribution < -0.4 is 5.32 Å². The molecule has 0 radical (unpaired) electrons. The highest BCUT2D eigenvalue weighted by Crippen LogP contribution is 2.26. The molecule has 1 N–H and O–H groups in total. The Morgan fingerprint density at radius 2 is 2.00 bits per heavy atom. The predicted molar refractivity (Wildman–Crippen MR) is 88.3 cm³/mol. The van der Waals surface area contributed by atoms with E-state index < -0.39 is 11.7 Å². The molecule has 122 valence electrons. The largest absolute Gasteiger partial charge is 0.322 e. The van der Waals surface area contributed by atoms with Crippen molar-refractivity contribution in [1.82, 2.24) is 20.2 Å². The number of tetrazole rings is 1. The van der Waals surface area contributed by atoms with Crippen molar-refractivity contribution < 1.29 is 9.18 Å². The number of nitrogens with zero attached hydrogens (tertiary/aromatic N) is 4. The molecule has 0 aliphatic rings. The van der Waals surface area contributed by atoms with Gasteiger partial charge in [-0.25, -0.2) is 9.07 Å². The van der Waals surface area contributed by atoms with Gasteiger partial charge in [0.2, 0.25) is 0 Å². The number of halogens is 3. The summed E-state index contributed by atoms with van der Waals surface area (Å²) < 4.78 is 15.0. The first-order valence-corrected chi connectivity index (χ1v) is 7.51. The van der Waals surface area contributed by atoms with Gasteiger partial charge in [-0.2, -0.15) is 0 Å². The first-order valence-electron chi connectivity index (χ1n) is 6.75. The van der Waals surface area contributed by atoms with Gasteiger partial charge in [0.15, 0.2) is 0 Å². The molecule has 9 heteroatoms. The summed E-state index contributed by atoms with van der Waals surface area (Å²) in [5, 5.41) is 13.5. The second-order valence-electron chi connectivity index (χ2n) is 4.95. The van der Waals surface area contributed by atoms with Gasteiger partial charge in [-0.1, -0.05) is 29.3 Å². The molecule has 1 heterocycles. The molecular formula is C15H10Cl2FN5O. The van der Waals surface area contributed by atoms with Crippen molar-refractivity contribution in [2.75, 3.05) is 5.32 Å². The first kappa shape index (κ1) is 16.4. The molecule has 0 saturated carbocycles. The van der Waals surface area contributed by atoms with Gasteiger partial charge in [0, 0.05) is 5.69 Å². The summed E-state index contributed by atoms with van der Waals surface area (Å²) in [5.74, 6) is -1.27. The smallest absolute Gasteiger partial charge is 0.257 e. The van der Waals surface area contributed by atoms with E-state index in [-0.39, 0.29) is 15.6 Å². The summed E-state index contributed by atoms with van der Waals surface area (Å²) >= 11 is 11.6. The minimum Gasteiger partial charge on any atom is -0.322 e. The molecule has 0 saturated heterocycles. The maximum atomic E-state index is 13.6. The monoisotopic (exact) mass is 365 g/mol. The van der Waals surface area contributed by atoms with Gasteiger partial charge in [-0.15, -0.1) is 5.10 Å². The molecule has 0 atom stereocenters. The molecule has 1 amide bonds. The summed E-state index contributed by atoms with van der Waals surface area (Å²) in [6.45, 7) is 1.82. The van der Waals surface area contributed by atoms with Gasteiger partial charge in [0.1, 0.15) is 12.1 Å². The van der Waals surface area contributed by atoms with Crippen LogP contribution in [0, 0.1) is 12.7 Å². The van der Waals surface area contributed by atoms with E-state index in [4.69, 9.17) is 23.2 Å². The van der Waals surface area contributed by atoms with E-state index in [0.29, 0.717) is 11.4 Å². The Hall–Kier alpha value is -2.51. The van der Waals surface area contributed by atoms with Gasteiger partial charge in [-0.3, -0.25) is 4.79 Å². The van der Waals surface area contributed by atoms with Crippen LogP contribution in [-0.2, 0) is 0 Å². The second-order valence-corrected chi connectivity index (χ2v) is 5.77. The molecule has 1 aromatic heterocycles. The third-order valence-electron chi connectivity index (χ3n) is 3.34. The number of amides is 1. The third kappa shape index (κ3) is 3.22. The predicted octanol–water partition coefficient (Wildman–Crippen LogP) is 3.67. The van der Waals surface area contributed by atoms with E-state index in [1.54, 1.807) is 18.2 Å². The Morgan fingerprint density at radius 3 is 2.71 bits per heavy atom. The molecule has 0 bridgehead atoms. The van der Waals surface area contributed by atoms with Gasteiger partial charge >= 0.3 is 0 Å². The standard InChI is InChI=1S/C15H10Cl2FN5O/c1-8-2-3-9(23-7-19-21-22-23)4-14(8)20-15(24)10-5-13(18)12(17)6-11(10)16/h2-7H,1H3,(H,20,24). The van der Waals surface area contributed by atoms with Gasteiger partial charge in [0.05, 0.1) is 21.3 Å². The number of hydrogen-bond acceptors (Lipinski definition) is 4. The molecule has 6 nitrogen and oxygen atoms in total. The number of nitrogens with one attached hydrogen (secondary N) is 1. The lowest BCUT2D eigenvalue weighted by Crippen LogP contribution is -2.14. The summed E-state index contributed by atoms with van der Waals surface area (Å²) in [6, 6.07) is 7.50. The van der Waals surface area contributed by atoms with E-state index in [0.717, 1.165) is 11.6 Å². The Morgan fingerprint density at radius 1 is 1.21 bits per heavy atom. The lowest BCUT2D eigenvalue weighted by molar-refractivity contribution is 0.102. The lowest BCUT2D eigenvalue weighted by atomic mass is 10.1. The van der Waals surface area contributed by atoms with Crippen molar-refractivity contribution in [1.29, 1.82) is 0 Å². The van der Waals surface area contributed by atoms with Crippen molar-refractivity contribution in [3.05, 3.63) is 63.6 Å². The Kier molecular flexibility index (Phi) is 4.46. The topological polar surface area (TPSA) is 72.7 Å². The van der Waals surface area contributed by atoms with Crippen LogP contribution in [0.15, 0.2) is 36.7 Å². The molecule has 0 spiro atoms. The Bertz CT molecular complexity index is 914. The fourth-order valence-corrected chi connectivity index (χ4v) is 2.52. The SMILES string of the molecule is Cc1ccc(-n2cnnn2)cc1NC(=O)c1cc(F)c(Cl)cc1Cl. The van der Waals surface area contributed by atoms with Crippen molar-refractivity contribution in [2.24, 2.45) is 0 Å². The fourth-order valence-electron chi connectivity index (χ4n) is 2.05. The normalized spacial score (nSPS) is 10.7. The zero-order valence-electron chi connectivity index (χ0n) is 12.3. The van der Waals surface area contributed by atoms with Crippen molar-refractivity contribution >= 4 is 34.8 Å². The molecule has 24 heavy (non-hydrogen) atoms.